The van der Waals surface area contributed by atoms with E-state index in [-0.39, 0.29) is 5.82 Å². The second-order valence-corrected chi connectivity index (χ2v) is 3.67. The summed E-state index contributed by atoms with van der Waals surface area (Å²) >= 11 is 0. The van der Waals surface area contributed by atoms with Crippen LogP contribution >= 0.6 is 0 Å². The predicted molar refractivity (Wildman–Crippen MR) is 51.1 cm³/mol. The van der Waals surface area contributed by atoms with Gasteiger partial charge in [0.05, 0.1) is 0 Å². The summed E-state index contributed by atoms with van der Waals surface area (Å²) in [6, 6.07) is 5.37. The van der Waals surface area contributed by atoms with Gasteiger partial charge in [-0.25, -0.2) is 4.39 Å². The van der Waals surface area contributed by atoms with E-state index in [1.54, 1.807) is 6.07 Å². The van der Waals surface area contributed by atoms with Crippen molar-refractivity contribution in [2.45, 2.75) is 25.2 Å². The van der Waals surface area contributed by atoms with Gasteiger partial charge in [0.15, 0.2) is 0 Å². The zero-order chi connectivity index (χ0) is 9.26. The monoisotopic (exact) mass is 179 g/mol. The van der Waals surface area contributed by atoms with Crippen molar-refractivity contribution in [2.24, 2.45) is 5.73 Å². The lowest BCUT2D eigenvalue weighted by Crippen LogP contribution is -2.03. The van der Waals surface area contributed by atoms with Gasteiger partial charge >= 0.3 is 0 Å². The number of hydrogen-bond donors (Lipinski definition) is 1. The van der Waals surface area contributed by atoms with Crippen molar-refractivity contribution in [3.63, 3.8) is 0 Å². The van der Waals surface area contributed by atoms with Crippen molar-refractivity contribution < 1.29 is 4.39 Å². The Bertz CT molecular complexity index is 305. The Hall–Kier alpha value is -0.890. The number of benzene rings is 1. The molecule has 70 valence electrons. The largest absolute Gasteiger partial charge is 0.330 e. The Balaban J connectivity index is 2.25. The zero-order valence-corrected chi connectivity index (χ0v) is 7.59. The topological polar surface area (TPSA) is 26.0 Å². The van der Waals surface area contributed by atoms with Gasteiger partial charge in [0.2, 0.25) is 0 Å². The van der Waals surface area contributed by atoms with Gasteiger partial charge in [0, 0.05) is 0 Å². The Morgan fingerprint density at radius 3 is 2.77 bits per heavy atom. The van der Waals surface area contributed by atoms with Crippen LogP contribution < -0.4 is 5.73 Å². The summed E-state index contributed by atoms with van der Waals surface area (Å²) < 4.78 is 13.3. The SMILES string of the molecule is NCCc1ccc(F)c(C2CC2)c1. The highest BCUT2D eigenvalue weighted by atomic mass is 19.1. The molecule has 0 saturated heterocycles. The standard InChI is InChI=1S/C11H14FN/c12-11-4-1-8(5-6-13)7-10(11)9-2-3-9/h1,4,7,9H,2-3,5-6,13H2. The number of rotatable bonds is 3. The van der Waals surface area contributed by atoms with Crippen LogP contribution in [-0.4, -0.2) is 6.54 Å². The van der Waals surface area contributed by atoms with Gasteiger partial charge in [-0.2, -0.15) is 0 Å². The van der Waals surface area contributed by atoms with Crippen LogP contribution in [0.2, 0.25) is 0 Å². The van der Waals surface area contributed by atoms with Gasteiger partial charge in [-0.15, -0.1) is 0 Å². The molecule has 2 N–H and O–H groups in total. The van der Waals surface area contributed by atoms with Crippen molar-refractivity contribution in [3.05, 3.63) is 35.1 Å². The fraction of sp³-hybridized carbons (Fsp3) is 0.455. The molecule has 1 aromatic rings. The van der Waals surface area contributed by atoms with Crippen molar-refractivity contribution in [1.82, 2.24) is 0 Å². The van der Waals surface area contributed by atoms with Gasteiger partial charge in [0.25, 0.3) is 0 Å². The van der Waals surface area contributed by atoms with E-state index in [2.05, 4.69) is 0 Å². The van der Waals surface area contributed by atoms with Crippen molar-refractivity contribution in [3.8, 4) is 0 Å². The minimum atomic E-state index is -0.0525. The molecule has 2 heteroatoms. The van der Waals surface area contributed by atoms with Crippen molar-refractivity contribution in [1.29, 1.82) is 0 Å². The van der Waals surface area contributed by atoms with Crippen molar-refractivity contribution in [2.75, 3.05) is 6.54 Å². The molecular weight excluding hydrogens is 165 g/mol. The Labute approximate surface area is 77.8 Å². The summed E-state index contributed by atoms with van der Waals surface area (Å²) in [7, 11) is 0. The molecule has 0 unspecified atom stereocenters. The quantitative estimate of drug-likeness (QED) is 0.756. The fourth-order valence-electron chi connectivity index (χ4n) is 1.62. The fourth-order valence-corrected chi connectivity index (χ4v) is 1.62. The van der Waals surface area contributed by atoms with Crippen LogP contribution in [-0.2, 0) is 6.42 Å². The van der Waals surface area contributed by atoms with E-state index >= 15 is 0 Å². The summed E-state index contributed by atoms with van der Waals surface area (Å²) in [5, 5.41) is 0. The summed E-state index contributed by atoms with van der Waals surface area (Å²) in [5.41, 5.74) is 7.50. The maximum atomic E-state index is 13.3. The third-order valence-electron chi connectivity index (χ3n) is 2.51. The van der Waals surface area contributed by atoms with Gasteiger partial charge in [0.1, 0.15) is 5.82 Å². The normalized spacial score (nSPS) is 16.2. The Kier molecular flexibility index (Phi) is 2.32. The molecule has 0 radical (unpaired) electrons. The first-order valence-electron chi connectivity index (χ1n) is 4.79. The summed E-state index contributed by atoms with van der Waals surface area (Å²) in [6.07, 6.45) is 3.13. The van der Waals surface area contributed by atoms with E-state index in [9.17, 15) is 4.39 Å². The first kappa shape index (κ1) is 8.70. The van der Waals surface area contributed by atoms with Gasteiger partial charge in [-0.05, 0) is 48.9 Å². The van der Waals surface area contributed by atoms with E-state index in [1.165, 1.54) is 0 Å². The molecule has 1 nitrogen and oxygen atoms in total. The predicted octanol–water partition coefficient (Wildman–Crippen LogP) is 2.20. The first-order chi connectivity index (χ1) is 6.31. The molecule has 1 aliphatic carbocycles. The Morgan fingerprint density at radius 1 is 1.38 bits per heavy atom. The maximum absolute atomic E-state index is 13.3. The minimum absolute atomic E-state index is 0.0525. The molecule has 0 amide bonds. The highest BCUT2D eigenvalue weighted by molar-refractivity contribution is 5.30. The molecule has 2 rings (SSSR count). The molecule has 1 saturated carbocycles. The summed E-state index contributed by atoms with van der Waals surface area (Å²) in [5.74, 6) is 0.431. The molecule has 1 aliphatic rings. The average Bonchev–Trinajstić information content (AvgIpc) is 2.92. The third-order valence-corrected chi connectivity index (χ3v) is 2.51. The molecule has 0 heterocycles. The van der Waals surface area contributed by atoms with Crippen LogP contribution in [0.1, 0.15) is 29.9 Å². The zero-order valence-electron chi connectivity index (χ0n) is 7.59. The highest BCUT2D eigenvalue weighted by Crippen LogP contribution is 2.41. The van der Waals surface area contributed by atoms with Crippen LogP contribution in [0, 0.1) is 5.82 Å². The van der Waals surface area contributed by atoms with Crippen LogP contribution in [0.3, 0.4) is 0 Å². The van der Waals surface area contributed by atoms with E-state index in [1.807, 2.05) is 12.1 Å². The second-order valence-electron chi connectivity index (χ2n) is 3.67. The molecule has 0 aromatic heterocycles. The third kappa shape index (κ3) is 1.89. The van der Waals surface area contributed by atoms with Gasteiger partial charge in [-0.1, -0.05) is 12.1 Å². The lowest BCUT2D eigenvalue weighted by atomic mass is 10.0. The number of nitrogens with two attached hydrogens (primary N) is 1. The molecule has 0 spiro atoms. The number of hydrogen-bond acceptors (Lipinski definition) is 1. The average molecular weight is 179 g/mol. The van der Waals surface area contributed by atoms with Crippen LogP contribution in [0.5, 0.6) is 0 Å². The molecule has 1 aromatic carbocycles. The molecular formula is C11H14FN. The van der Waals surface area contributed by atoms with Gasteiger partial charge in [-0.3, -0.25) is 0 Å². The molecule has 1 fully saturated rings. The van der Waals surface area contributed by atoms with E-state index in [0.29, 0.717) is 12.5 Å². The van der Waals surface area contributed by atoms with E-state index in [4.69, 9.17) is 5.73 Å². The van der Waals surface area contributed by atoms with Crippen LogP contribution in [0.25, 0.3) is 0 Å². The smallest absolute Gasteiger partial charge is 0.126 e. The lowest BCUT2D eigenvalue weighted by Gasteiger charge is -2.04. The van der Waals surface area contributed by atoms with E-state index in [0.717, 1.165) is 30.4 Å². The number of halogens is 1. The minimum Gasteiger partial charge on any atom is -0.330 e. The molecule has 0 atom stereocenters. The molecule has 0 aliphatic heterocycles. The lowest BCUT2D eigenvalue weighted by molar-refractivity contribution is 0.609. The van der Waals surface area contributed by atoms with Crippen LogP contribution in [0.4, 0.5) is 4.39 Å². The molecule has 0 bridgehead atoms. The second kappa shape index (κ2) is 3.46. The van der Waals surface area contributed by atoms with Crippen molar-refractivity contribution >= 4 is 0 Å². The van der Waals surface area contributed by atoms with Gasteiger partial charge < -0.3 is 5.73 Å². The van der Waals surface area contributed by atoms with Crippen LogP contribution in [0.15, 0.2) is 18.2 Å². The molecule has 13 heavy (non-hydrogen) atoms. The maximum Gasteiger partial charge on any atom is 0.126 e. The summed E-state index contributed by atoms with van der Waals surface area (Å²) in [6.45, 7) is 0.635. The Morgan fingerprint density at radius 2 is 2.15 bits per heavy atom. The highest BCUT2D eigenvalue weighted by Gasteiger charge is 2.26. The first-order valence-corrected chi connectivity index (χ1v) is 4.79. The van der Waals surface area contributed by atoms with E-state index < -0.39 is 0 Å². The summed E-state index contributed by atoms with van der Waals surface area (Å²) in [4.78, 5) is 0.